The van der Waals surface area contributed by atoms with Crippen LogP contribution in [0.25, 0.3) is 55.8 Å². The summed E-state index contributed by atoms with van der Waals surface area (Å²) < 4.78 is 14.7. The van der Waals surface area contributed by atoms with E-state index < -0.39 is 0 Å². The zero-order valence-electron chi connectivity index (χ0n) is 24.5. The molecule has 11 heteroatoms. The zero-order valence-corrected chi connectivity index (χ0v) is 24.5. The number of aromatic amines is 2. The van der Waals surface area contributed by atoms with E-state index in [9.17, 15) is 9.18 Å². The fourth-order valence-corrected chi connectivity index (χ4v) is 5.47. The number of amides is 1. The summed E-state index contributed by atoms with van der Waals surface area (Å²) in [6.45, 7) is 1.50. The number of H-pyrrole nitrogens is 2. The number of rotatable bonds is 9. The van der Waals surface area contributed by atoms with Crippen LogP contribution in [-0.4, -0.2) is 68.1 Å². The number of nitrogens with one attached hydrogen (secondary N) is 4. The van der Waals surface area contributed by atoms with Crippen molar-refractivity contribution < 1.29 is 9.18 Å². The average molecular weight is 590 g/mol. The topological polar surface area (TPSA) is 128 Å². The monoisotopic (exact) mass is 589 g/mol. The second-order valence-electron chi connectivity index (χ2n) is 11.5. The fraction of sp³-hybridized carbons (Fsp3) is 0.242. The van der Waals surface area contributed by atoms with Crippen LogP contribution >= 0.6 is 0 Å². The summed E-state index contributed by atoms with van der Waals surface area (Å²) in [5.74, 6) is 0.363. The summed E-state index contributed by atoms with van der Waals surface area (Å²) in [7, 11) is 3.99. The quantitative estimate of drug-likeness (QED) is 0.161. The Labute approximate surface area is 253 Å². The van der Waals surface area contributed by atoms with E-state index in [-0.39, 0.29) is 17.6 Å². The van der Waals surface area contributed by atoms with Crippen molar-refractivity contribution in [1.82, 2.24) is 35.0 Å². The van der Waals surface area contributed by atoms with Crippen molar-refractivity contribution in [3.05, 3.63) is 72.9 Å². The minimum absolute atomic E-state index is 0.0524. The molecule has 0 spiro atoms. The van der Waals surface area contributed by atoms with Gasteiger partial charge in [-0.3, -0.25) is 19.9 Å². The Kier molecular flexibility index (Phi) is 7.23. The number of anilines is 2. The van der Waals surface area contributed by atoms with Gasteiger partial charge in [-0.25, -0.2) is 9.37 Å². The van der Waals surface area contributed by atoms with Crippen molar-refractivity contribution in [2.45, 2.75) is 19.3 Å². The van der Waals surface area contributed by atoms with Gasteiger partial charge in [0, 0.05) is 53.6 Å². The summed E-state index contributed by atoms with van der Waals surface area (Å²) in [4.78, 5) is 31.8. The number of fused-ring (bicyclic) bond motifs is 2. The number of aromatic nitrogens is 6. The third kappa shape index (κ3) is 5.49. The van der Waals surface area contributed by atoms with Gasteiger partial charge in [0.1, 0.15) is 17.0 Å². The van der Waals surface area contributed by atoms with E-state index in [0.717, 1.165) is 53.4 Å². The minimum atomic E-state index is -0.351. The van der Waals surface area contributed by atoms with Gasteiger partial charge in [-0.05, 0) is 75.0 Å². The second kappa shape index (κ2) is 11.5. The van der Waals surface area contributed by atoms with Crippen LogP contribution in [0.2, 0.25) is 0 Å². The Morgan fingerprint density at radius 3 is 2.66 bits per heavy atom. The first-order valence-corrected chi connectivity index (χ1v) is 14.7. The van der Waals surface area contributed by atoms with Gasteiger partial charge < -0.3 is 20.5 Å². The van der Waals surface area contributed by atoms with Crippen molar-refractivity contribution >= 4 is 39.2 Å². The molecule has 1 aliphatic carbocycles. The maximum Gasteiger partial charge on any atom is 0.227 e. The molecule has 0 aliphatic heterocycles. The van der Waals surface area contributed by atoms with Crippen molar-refractivity contribution in [2.24, 2.45) is 5.92 Å². The van der Waals surface area contributed by atoms with E-state index in [1.165, 1.54) is 12.1 Å². The zero-order chi connectivity index (χ0) is 30.2. The SMILES string of the molecule is CN(C)CCNc1cc(F)cc(-c2nccc3[nH]c(-c4n[nH]c5ccc(-c6cncc(NC(=O)C7CCC7)c6)cc45)nc23)c1. The number of likely N-dealkylation sites (N-methyl/N-ethyl adjacent to an activating group) is 1. The number of pyridine rings is 2. The molecule has 0 saturated heterocycles. The van der Waals surface area contributed by atoms with Gasteiger partial charge in [0.25, 0.3) is 0 Å². The molecule has 6 aromatic rings. The van der Waals surface area contributed by atoms with Crippen LogP contribution in [0, 0.1) is 11.7 Å². The smallest absolute Gasteiger partial charge is 0.227 e. The summed E-state index contributed by atoms with van der Waals surface area (Å²) in [6, 6.07) is 14.6. The molecule has 1 aliphatic rings. The first-order valence-electron chi connectivity index (χ1n) is 14.7. The first-order chi connectivity index (χ1) is 21.4. The number of carbonyl (C=O) groups is 1. The van der Waals surface area contributed by atoms with Crippen LogP contribution in [0.1, 0.15) is 19.3 Å². The van der Waals surface area contributed by atoms with E-state index >= 15 is 0 Å². The molecule has 4 heterocycles. The van der Waals surface area contributed by atoms with E-state index in [4.69, 9.17) is 4.98 Å². The van der Waals surface area contributed by atoms with Gasteiger partial charge in [0.2, 0.25) is 5.91 Å². The molecule has 10 nitrogen and oxygen atoms in total. The Hall–Kier alpha value is -5.16. The number of hydrogen-bond donors (Lipinski definition) is 4. The molecule has 0 unspecified atom stereocenters. The Bertz CT molecular complexity index is 1990. The molecule has 7 rings (SSSR count). The molecule has 1 amide bonds. The molecule has 2 aromatic carbocycles. The highest BCUT2D eigenvalue weighted by molar-refractivity contribution is 5.98. The van der Waals surface area contributed by atoms with Gasteiger partial charge in [-0.15, -0.1) is 0 Å². The molecule has 1 fully saturated rings. The lowest BCUT2D eigenvalue weighted by Gasteiger charge is -2.24. The van der Waals surface area contributed by atoms with Crippen molar-refractivity contribution in [3.63, 3.8) is 0 Å². The number of hydrogen-bond acceptors (Lipinski definition) is 7. The molecule has 0 radical (unpaired) electrons. The molecular weight excluding hydrogens is 557 g/mol. The molecule has 222 valence electrons. The predicted octanol–water partition coefficient (Wildman–Crippen LogP) is 6.08. The lowest BCUT2D eigenvalue weighted by molar-refractivity contribution is -0.122. The third-order valence-electron chi connectivity index (χ3n) is 8.06. The average Bonchev–Trinajstić information content (AvgIpc) is 3.59. The lowest BCUT2D eigenvalue weighted by Crippen LogP contribution is -2.28. The lowest BCUT2D eigenvalue weighted by atomic mass is 9.85. The largest absolute Gasteiger partial charge is 0.384 e. The summed E-state index contributed by atoms with van der Waals surface area (Å²) in [5.41, 5.74) is 7.27. The normalized spacial score (nSPS) is 13.5. The third-order valence-corrected chi connectivity index (χ3v) is 8.06. The molecule has 0 bridgehead atoms. The van der Waals surface area contributed by atoms with Crippen molar-refractivity contribution in [2.75, 3.05) is 37.8 Å². The molecule has 44 heavy (non-hydrogen) atoms. The summed E-state index contributed by atoms with van der Waals surface area (Å²) >= 11 is 0. The minimum Gasteiger partial charge on any atom is -0.384 e. The van der Waals surface area contributed by atoms with E-state index in [0.29, 0.717) is 46.2 Å². The maximum atomic E-state index is 14.7. The number of carbonyl (C=O) groups excluding carboxylic acids is 1. The van der Waals surface area contributed by atoms with Crippen LogP contribution in [0.3, 0.4) is 0 Å². The van der Waals surface area contributed by atoms with Gasteiger partial charge >= 0.3 is 0 Å². The highest BCUT2D eigenvalue weighted by Crippen LogP contribution is 2.34. The van der Waals surface area contributed by atoms with E-state index in [1.54, 1.807) is 18.6 Å². The number of halogens is 1. The Morgan fingerprint density at radius 2 is 1.84 bits per heavy atom. The van der Waals surface area contributed by atoms with Crippen LogP contribution < -0.4 is 10.6 Å². The van der Waals surface area contributed by atoms with Crippen LogP contribution in [0.5, 0.6) is 0 Å². The van der Waals surface area contributed by atoms with Crippen LogP contribution in [-0.2, 0) is 4.79 Å². The highest BCUT2D eigenvalue weighted by atomic mass is 19.1. The number of nitrogens with zero attached hydrogens (tertiary/aromatic N) is 5. The Morgan fingerprint density at radius 1 is 0.977 bits per heavy atom. The number of imidazole rings is 1. The van der Waals surface area contributed by atoms with Gasteiger partial charge in [0.15, 0.2) is 5.82 Å². The van der Waals surface area contributed by atoms with E-state index in [1.807, 2.05) is 50.5 Å². The number of benzene rings is 2. The van der Waals surface area contributed by atoms with Crippen molar-refractivity contribution in [1.29, 1.82) is 0 Å². The highest BCUT2D eigenvalue weighted by Gasteiger charge is 2.25. The Balaban J connectivity index is 1.21. The van der Waals surface area contributed by atoms with Gasteiger partial charge in [-0.1, -0.05) is 12.5 Å². The van der Waals surface area contributed by atoms with E-state index in [2.05, 4.69) is 40.7 Å². The predicted molar refractivity (Wildman–Crippen MR) is 171 cm³/mol. The molecule has 4 aromatic heterocycles. The second-order valence-corrected chi connectivity index (χ2v) is 11.5. The standard InChI is InChI=1S/C33H32FN9O/c1-43(2)11-10-36-24-13-21(12-23(34)16-24)29-31-28(8-9-37-29)39-32(40-31)30-26-15-20(6-7-27(26)41-42-30)22-14-25(18-35-17-22)38-33(44)19-4-3-5-19/h6-9,12-19,36H,3-5,10-11H2,1-2H3,(H,38,44)(H,39,40)(H,41,42). The summed E-state index contributed by atoms with van der Waals surface area (Å²) in [6.07, 6.45) is 8.12. The molecular formula is C33H32FN9O. The van der Waals surface area contributed by atoms with Crippen molar-refractivity contribution in [3.8, 4) is 33.9 Å². The maximum absolute atomic E-state index is 14.7. The molecule has 4 N–H and O–H groups in total. The summed E-state index contributed by atoms with van der Waals surface area (Å²) in [5, 5.41) is 14.9. The molecule has 1 saturated carbocycles. The van der Waals surface area contributed by atoms with Gasteiger partial charge in [-0.2, -0.15) is 5.10 Å². The van der Waals surface area contributed by atoms with Crippen LogP contribution in [0.15, 0.2) is 67.1 Å². The van der Waals surface area contributed by atoms with Crippen LogP contribution in [0.4, 0.5) is 15.8 Å². The fourth-order valence-electron chi connectivity index (χ4n) is 5.47. The first kappa shape index (κ1) is 27.7. The molecule has 0 atom stereocenters. The van der Waals surface area contributed by atoms with Gasteiger partial charge in [0.05, 0.1) is 28.6 Å².